The first-order chi connectivity index (χ1) is 9.95. The molecule has 4 nitrogen and oxygen atoms in total. The second-order valence-corrected chi connectivity index (χ2v) is 6.47. The lowest BCUT2D eigenvalue weighted by atomic mass is 10.2. The Kier molecular flexibility index (Phi) is 5.48. The first kappa shape index (κ1) is 16.1. The number of nitrogens with zero attached hydrogens (tertiary/aromatic N) is 1. The fourth-order valence-corrected chi connectivity index (χ4v) is 2.40. The number of hydrogen-bond acceptors (Lipinski definition) is 3. The highest BCUT2D eigenvalue weighted by Gasteiger charge is 2.25. The number of rotatable bonds is 7. The standard InChI is InChI=1S/C16H24ClN3O/c1-11(2)20(10-12-3-4-12)8-7-16(21)19-13-5-6-14(17)15(18)9-13/h5-6,9,11-12H,3-4,7-8,10,18H2,1-2H3,(H,19,21). The number of nitrogens with two attached hydrogens (primary N) is 1. The molecule has 0 aliphatic heterocycles. The van der Waals surface area contributed by atoms with Gasteiger partial charge in [-0.3, -0.25) is 4.79 Å². The molecular formula is C16H24ClN3O. The van der Waals surface area contributed by atoms with E-state index in [9.17, 15) is 4.79 Å². The zero-order valence-electron chi connectivity index (χ0n) is 12.7. The molecule has 1 aliphatic rings. The van der Waals surface area contributed by atoms with E-state index in [-0.39, 0.29) is 5.91 Å². The van der Waals surface area contributed by atoms with Gasteiger partial charge < -0.3 is 16.0 Å². The van der Waals surface area contributed by atoms with Crippen molar-refractivity contribution in [3.05, 3.63) is 23.2 Å². The largest absolute Gasteiger partial charge is 0.397 e. The maximum atomic E-state index is 12.0. The second-order valence-electron chi connectivity index (χ2n) is 6.07. The lowest BCUT2D eigenvalue weighted by molar-refractivity contribution is -0.116. The summed E-state index contributed by atoms with van der Waals surface area (Å²) in [6.07, 6.45) is 3.16. The third-order valence-electron chi connectivity index (χ3n) is 3.83. The summed E-state index contributed by atoms with van der Waals surface area (Å²) >= 11 is 5.86. The lowest BCUT2D eigenvalue weighted by Crippen LogP contribution is -2.35. The van der Waals surface area contributed by atoms with Gasteiger partial charge in [0, 0.05) is 31.2 Å². The molecule has 3 N–H and O–H groups in total. The Morgan fingerprint density at radius 1 is 1.48 bits per heavy atom. The molecule has 1 aromatic rings. The van der Waals surface area contributed by atoms with Crippen LogP contribution in [0.1, 0.15) is 33.1 Å². The van der Waals surface area contributed by atoms with Crippen molar-refractivity contribution in [3.8, 4) is 0 Å². The molecule has 1 aliphatic carbocycles. The van der Waals surface area contributed by atoms with Crippen LogP contribution in [0.15, 0.2) is 18.2 Å². The van der Waals surface area contributed by atoms with Gasteiger partial charge in [-0.15, -0.1) is 0 Å². The molecule has 5 heteroatoms. The number of carbonyl (C=O) groups excluding carboxylic acids is 1. The Bertz CT molecular complexity index is 500. The molecule has 2 rings (SSSR count). The maximum Gasteiger partial charge on any atom is 0.225 e. The number of nitrogens with one attached hydrogen (secondary N) is 1. The summed E-state index contributed by atoms with van der Waals surface area (Å²) in [7, 11) is 0. The van der Waals surface area contributed by atoms with Crippen molar-refractivity contribution in [2.75, 3.05) is 24.1 Å². The maximum absolute atomic E-state index is 12.0. The summed E-state index contributed by atoms with van der Waals surface area (Å²) in [6.45, 7) is 6.27. The number of benzene rings is 1. The van der Waals surface area contributed by atoms with Gasteiger partial charge in [-0.25, -0.2) is 0 Å². The van der Waals surface area contributed by atoms with Crippen LogP contribution in [0.2, 0.25) is 5.02 Å². The number of carbonyl (C=O) groups is 1. The van der Waals surface area contributed by atoms with Crippen LogP contribution in [-0.4, -0.2) is 29.9 Å². The summed E-state index contributed by atoms with van der Waals surface area (Å²) in [4.78, 5) is 14.4. The predicted molar refractivity (Wildman–Crippen MR) is 88.5 cm³/mol. The van der Waals surface area contributed by atoms with Crippen molar-refractivity contribution in [1.29, 1.82) is 0 Å². The summed E-state index contributed by atoms with van der Waals surface area (Å²) < 4.78 is 0. The Morgan fingerprint density at radius 3 is 2.76 bits per heavy atom. The van der Waals surface area contributed by atoms with Gasteiger partial charge in [0.15, 0.2) is 0 Å². The molecule has 0 unspecified atom stereocenters. The van der Waals surface area contributed by atoms with E-state index >= 15 is 0 Å². The zero-order valence-corrected chi connectivity index (χ0v) is 13.5. The predicted octanol–water partition coefficient (Wildman–Crippen LogP) is 3.37. The lowest BCUT2D eigenvalue weighted by Gasteiger charge is -2.26. The normalized spacial score (nSPS) is 14.7. The Labute approximate surface area is 131 Å². The fourth-order valence-electron chi connectivity index (χ4n) is 2.28. The van der Waals surface area contributed by atoms with Crippen LogP contribution < -0.4 is 11.1 Å². The molecule has 1 amide bonds. The van der Waals surface area contributed by atoms with Crippen molar-refractivity contribution in [2.24, 2.45) is 5.92 Å². The van der Waals surface area contributed by atoms with Crippen LogP contribution in [0.25, 0.3) is 0 Å². The highest BCUT2D eigenvalue weighted by molar-refractivity contribution is 6.33. The monoisotopic (exact) mass is 309 g/mol. The van der Waals surface area contributed by atoms with Gasteiger partial charge in [-0.05, 0) is 50.8 Å². The van der Waals surface area contributed by atoms with Gasteiger partial charge in [0.25, 0.3) is 0 Å². The van der Waals surface area contributed by atoms with E-state index in [1.54, 1.807) is 18.2 Å². The van der Waals surface area contributed by atoms with Crippen LogP contribution in [-0.2, 0) is 4.79 Å². The quantitative estimate of drug-likeness (QED) is 0.759. The molecule has 1 fully saturated rings. The first-order valence-corrected chi connectivity index (χ1v) is 7.92. The fraction of sp³-hybridized carbons (Fsp3) is 0.562. The molecule has 0 heterocycles. The third-order valence-corrected chi connectivity index (χ3v) is 4.17. The first-order valence-electron chi connectivity index (χ1n) is 7.54. The third kappa shape index (κ3) is 5.21. The zero-order chi connectivity index (χ0) is 15.4. The number of halogens is 1. The van der Waals surface area contributed by atoms with Crippen molar-refractivity contribution in [2.45, 2.75) is 39.2 Å². The molecule has 0 spiro atoms. The Hall–Kier alpha value is -1.26. The van der Waals surface area contributed by atoms with Gasteiger partial charge >= 0.3 is 0 Å². The SMILES string of the molecule is CC(C)N(CCC(=O)Nc1ccc(Cl)c(N)c1)CC1CC1. The van der Waals surface area contributed by atoms with E-state index in [0.29, 0.717) is 28.9 Å². The van der Waals surface area contributed by atoms with E-state index < -0.39 is 0 Å². The highest BCUT2D eigenvalue weighted by Crippen LogP contribution is 2.30. The van der Waals surface area contributed by atoms with Crippen LogP contribution in [0.3, 0.4) is 0 Å². The summed E-state index contributed by atoms with van der Waals surface area (Å²) in [5.74, 6) is 0.852. The molecule has 0 aromatic heterocycles. The van der Waals surface area contributed by atoms with E-state index in [4.69, 9.17) is 17.3 Å². The van der Waals surface area contributed by atoms with Gasteiger partial charge in [-0.2, -0.15) is 0 Å². The molecular weight excluding hydrogens is 286 g/mol. The van der Waals surface area contributed by atoms with Crippen LogP contribution in [0.4, 0.5) is 11.4 Å². The molecule has 0 saturated heterocycles. The van der Waals surface area contributed by atoms with E-state index in [1.807, 2.05) is 0 Å². The van der Waals surface area contributed by atoms with Crippen molar-refractivity contribution >= 4 is 28.9 Å². The van der Waals surface area contributed by atoms with E-state index in [0.717, 1.165) is 19.0 Å². The van der Waals surface area contributed by atoms with Gasteiger partial charge in [0.1, 0.15) is 0 Å². The second kappa shape index (κ2) is 7.14. The minimum Gasteiger partial charge on any atom is -0.397 e. The Balaban J connectivity index is 1.81. The minimum atomic E-state index is 0.0122. The molecule has 0 radical (unpaired) electrons. The number of hydrogen-bond donors (Lipinski definition) is 2. The number of nitrogen functional groups attached to an aromatic ring is 1. The topological polar surface area (TPSA) is 58.4 Å². The smallest absolute Gasteiger partial charge is 0.225 e. The van der Waals surface area contributed by atoms with Crippen LogP contribution >= 0.6 is 11.6 Å². The molecule has 0 bridgehead atoms. The van der Waals surface area contributed by atoms with E-state index in [2.05, 4.69) is 24.1 Å². The molecule has 1 aromatic carbocycles. The number of anilines is 2. The summed E-state index contributed by atoms with van der Waals surface area (Å²) in [5.41, 5.74) is 6.90. The van der Waals surface area contributed by atoms with Crippen molar-refractivity contribution < 1.29 is 4.79 Å². The summed E-state index contributed by atoms with van der Waals surface area (Å²) in [5, 5.41) is 3.37. The van der Waals surface area contributed by atoms with Gasteiger partial charge in [0.2, 0.25) is 5.91 Å². The molecule has 0 atom stereocenters. The molecule has 1 saturated carbocycles. The average Bonchev–Trinajstić information content (AvgIpc) is 3.22. The van der Waals surface area contributed by atoms with Crippen molar-refractivity contribution in [1.82, 2.24) is 4.90 Å². The Morgan fingerprint density at radius 2 is 2.19 bits per heavy atom. The average molecular weight is 310 g/mol. The highest BCUT2D eigenvalue weighted by atomic mass is 35.5. The van der Waals surface area contributed by atoms with Gasteiger partial charge in [0.05, 0.1) is 10.7 Å². The van der Waals surface area contributed by atoms with Crippen LogP contribution in [0, 0.1) is 5.92 Å². The summed E-state index contributed by atoms with van der Waals surface area (Å²) in [6, 6.07) is 5.62. The van der Waals surface area contributed by atoms with E-state index in [1.165, 1.54) is 12.8 Å². The van der Waals surface area contributed by atoms with Crippen molar-refractivity contribution in [3.63, 3.8) is 0 Å². The minimum absolute atomic E-state index is 0.0122. The molecule has 116 valence electrons. The van der Waals surface area contributed by atoms with Gasteiger partial charge in [-0.1, -0.05) is 11.6 Å². The van der Waals surface area contributed by atoms with Crippen LogP contribution in [0.5, 0.6) is 0 Å². The molecule has 21 heavy (non-hydrogen) atoms. The number of amides is 1.